The van der Waals surface area contributed by atoms with Crippen LogP contribution in [0, 0.1) is 20.2 Å². The van der Waals surface area contributed by atoms with Gasteiger partial charge in [-0.2, -0.15) is 4.99 Å². The molecule has 166 valence electrons. The molecule has 0 atom stereocenters. The number of halogens is 1. The van der Waals surface area contributed by atoms with Gasteiger partial charge in [-0.25, -0.2) is 0 Å². The fraction of sp³-hybridized carbons (Fsp3) is 0.238. The number of nitro groups is 2. The van der Waals surface area contributed by atoms with Crippen LogP contribution in [0.1, 0.15) is 35.5 Å². The van der Waals surface area contributed by atoms with Gasteiger partial charge in [-0.1, -0.05) is 37.1 Å². The average Bonchev–Trinajstić information content (AvgIpc) is 3.10. The quantitative estimate of drug-likeness (QED) is 0.335. The van der Waals surface area contributed by atoms with Gasteiger partial charge in [0.15, 0.2) is 4.80 Å². The molecule has 0 N–H and O–H groups in total. The third-order valence-corrected chi connectivity index (χ3v) is 6.05. The van der Waals surface area contributed by atoms with E-state index in [1.807, 2.05) is 30.5 Å². The molecule has 3 rings (SSSR count). The lowest BCUT2D eigenvalue weighted by atomic mass is 10.1. The van der Waals surface area contributed by atoms with E-state index in [1.165, 1.54) is 11.3 Å². The number of nitro benzene ring substituents is 2. The number of hydrogen-bond acceptors (Lipinski definition) is 6. The summed E-state index contributed by atoms with van der Waals surface area (Å²) >= 11 is 7.38. The second-order valence-corrected chi connectivity index (χ2v) is 8.33. The van der Waals surface area contributed by atoms with Gasteiger partial charge in [-0.15, -0.1) is 11.3 Å². The molecule has 3 aromatic rings. The minimum absolute atomic E-state index is 0.216. The van der Waals surface area contributed by atoms with Crippen LogP contribution in [0.5, 0.6) is 0 Å². The molecular weight excluding hydrogens is 456 g/mol. The summed E-state index contributed by atoms with van der Waals surface area (Å²) in [6, 6.07) is 10.2. The lowest BCUT2D eigenvalue weighted by Crippen LogP contribution is -2.17. The highest BCUT2D eigenvalue weighted by atomic mass is 35.5. The molecule has 9 nitrogen and oxygen atoms in total. The van der Waals surface area contributed by atoms with Crippen LogP contribution in [0.25, 0.3) is 11.3 Å². The third-order valence-electron chi connectivity index (χ3n) is 4.66. The summed E-state index contributed by atoms with van der Waals surface area (Å²) in [7, 11) is 0. The first kappa shape index (κ1) is 23.3. The molecule has 32 heavy (non-hydrogen) atoms. The molecule has 0 bridgehead atoms. The highest BCUT2D eigenvalue weighted by Crippen LogP contribution is 2.29. The number of thiazole rings is 1. The molecule has 0 saturated heterocycles. The van der Waals surface area contributed by atoms with Crippen LogP contribution in [-0.4, -0.2) is 20.3 Å². The monoisotopic (exact) mass is 474 g/mol. The fourth-order valence-electron chi connectivity index (χ4n) is 3.24. The predicted molar refractivity (Wildman–Crippen MR) is 122 cm³/mol. The average molecular weight is 475 g/mol. The summed E-state index contributed by atoms with van der Waals surface area (Å²) in [5.41, 5.74) is 0.553. The molecular formula is C21H19ClN4O5S. The summed E-state index contributed by atoms with van der Waals surface area (Å²) in [6.45, 7) is 4.49. The van der Waals surface area contributed by atoms with Gasteiger partial charge in [0.1, 0.15) is 0 Å². The molecule has 0 aliphatic rings. The maximum absolute atomic E-state index is 12.9. The minimum Gasteiger partial charge on any atom is -0.316 e. The van der Waals surface area contributed by atoms with E-state index in [4.69, 9.17) is 11.6 Å². The summed E-state index contributed by atoms with van der Waals surface area (Å²) in [4.78, 5) is 39.2. The zero-order chi connectivity index (χ0) is 23.4. The van der Waals surface area contributed by atoms with Gasteiger partial charge in [0.25, 0.3) is 17.3 Å². The van der Waals surface area contributed by atoms with Crippen molar-refractivity contribution in [3.05, 3.63) is 83.0 Å². The van der Waals surface area contributed by atoms with Gasteiger partial charge in [0.2, 0.25) is 0 Å². The van der Waals surface area contributed by atoms with Crippen LogP contribution in [0.2, 0.25) is 5.02 Å². The molecule has 1 amide bonds. The number of rotatable bonds is 7. The van der Waals surface area contributed by atoms with Crippen molar-refractivity contribution >= 4 is 40.2 Å². The highest BCUT2D eigenvalue weighted by Gasteiger charge is 2.21. The topological polar surface area (TPSA) is 121 Å². The van der Waals surface area contributed by atoms with Crippen molar-refractivity contribution in [3.63, 3.8) is 0 Å². The Labute approximate surface area is 191 Å². The summed E-state index contributed by atoms with van der Waals surface area (Å²) in [5.74, 6) is -0.786. The summed E-state index contributed by atoms with van der Waals surface area (Å²) < 4.78 is 1.89. The number of nitrogens with zero attached hydrogens (tertiary/aromatic N) is 4. The van der Waals surface area contributed by atoms with Crippen LogP contribution in [0.15, 0.2) is 47.5 Å². The first-order chi connectivity index (χ1) is 15.2. The summed E-state index contributed by atoms with van der Waals surface area (Å²) in [5, 5.41) is 22.9. The van der Waals surface area contributed by atoms with Crippen LogP contribution < -0.4 is 4.80 Å². The zero-order valence-electron chi connectivity index (χ0n) is 17.3. The van der Waals surface area contributed by atoms with E-state index in [1.54, 1.807) is 12.1 Å². The smallest absolute Gasteiger partial charge is 0.280 e. The Bertz CT molecular complexity index is 1230. The maximum Gasteiger partial charge on any atom is 0.280 e. The van der Waals surface area contributed by atoms with Gasteiger partial charge in [0.05, 0.1) is 27.2 Å². The molecule has 0 radical (unpaired) electrons. The molecule has 2 aromatic carbocycles. The Hall–Kier alpha value is -3.37. The zero-order valence-corrected chi connectivity index (χ0v) is 18.9. The van der Waals surface area contributed by atoms with E-state index in [-0.39, 0.29) is 5.56 Å². The first-order valence-electron chi connectivity index (χ1n) is 9.76. The lowest BCUT2D eigenvalue weighted by molar-refractivity contribution is -0.394. The van der Waals surface area contributed by atoms with Crippen LogP contribution in [0.3, 0.4) is 0 Å². The standard InChI is InChI=1S/C21H19ClN4O5S/c1-3-5-18-19(13-6-8-15(22)9-7-13)24(4-2)21(32-18)23-20(27)14-10-16(25(28)29)12-17(11-14)26(30)31/h6-12H,3-5H2,1-2H3. The second-order valence-electron chi connectivity index (χ2n) is 6.83. The van der Waals surface area contributed by atoms with Crippen molar-refractivity contribution in [1.29, 1.82) is 0 Å². The molecule has 0 saturated carbocycles. The predicted octanol–water partition coefficient (Wildman–Crippen LogP) is 5.40. The van der Waals surface area contributed by atoms with E-state index in [2.05, 4.69) is 4.99 Å². The number of carbonyl (C=O) groups excluding carboxylic acids is 1. The third kappa shape index (κ3) is 4.92. The SMILES string of the molecule is CCCc1sc(=NC(=O)c2cc([N+](=O)[O-])cc([N+](=O)[O-])c2)n(CC)c1-c1ccc(Cl)cc1. The largest absolute Gasteiger partial charge is 0.316 e. The van der Waals surface area contributed by atoms with Crippen LogP contribution >= 0.6 is 22.9 Å². The minimum atomic E-state index is -0.786. The van der Waals surface area contributed by atoms with Crippen molar-refractivity contribution in [3.8, 4) is 11.3 Å². The van der Waals surface area contributed by atoms with Gasteiger partial charge < -0.3 is 4.57 Å². The normalized spacial score (nSPS) is 11.5. The molecule has 0 aliphatic carbocycles. The Morgan fingerprint density at radius 2 is 1.66 bits per heavy atom. The fourth-order valence-corrected chi connectivity index (χ4v) is 4.67. The Morgan fingerprint density at radius 3 is 2.16 bits per heavy atom. The van der Waals surface area contributed by atoms with Crippen LogP contribution in [-0.2, 0) is 13.0 Å². The first-order valence-corrected chi connectivity index (χ1v) is 11.0. The number of non-ortho nitro benzene ring substituents is 2. The van der Waals surface area contributed by atoms with Gasteiger partial charge in [-0.3, -0.25) is 25.0 Å². The van der Waals surface area contributed by atoms with Crippen molar-refractivity contribution in [2.45, 2.75) is 33.2 Å². The van der Waals surface area contributed by atoms with E-state index >= 15 is 0 Å². The number of amides is 1. The lowest BCUT2D eigenvalue weighted by Gasteiger charge is -2.09. The van der Waals surface area contributed by atoms with Gasteiger partial charge >= 0.3 is 0 Å². The molecule has 0 fully saturated rings. The van der Waals surface area contributed by atoms with E-state index in [0.717, 1.165) is 47.2 Å². The van der Waals surface area contributed by atoms with Crippen molar-refractivity contribution in [2.75, 3.05) is 0 Å². The molecule has 0 unspecified atom stereocenters. The molecule has 0 spiro atoms. The van der Waals surface area contributed by atoms with E-state index in [0.29, 0.717) is 16.4 Å². The number of benzene rings is 2. The molecule has 1 heterocycles. The second kappa shape index (κ2) is 9.84. The number of aromatic nitrogens is 1. The molecule has 1 aromatic heterocycles. The van der Waals surface area contributed by atoms with Crippen molar-refractivity contribution in [2.24, 2.45) is 4.99 Å². The highest BCUT2D eigenvalue weighted by molar-refractivity contribution is 7.09. The maximum atomic E-state index is 12.9. The van der Waals surface area contributed by atoms with Crippen molar-refractivity contribution in [1.82, 2.24) is 4.57 Å². The van der Waals surface area contributed by atoms with E-state index in [9.17, 15) is 25.0 Å². The number of carbonyl (C=O) groups is 1. The molecule has 0 aliphatic heterocycles. The van der Waals surface area contributed by atoms with E-state index < -0.39 is 27.1 Å². The Morgan fingerprint density at radius 1 is 1.06 bits per heavy atom. The summed E-state index contributed by atoms with van der Waals surface area (Å²) in [6.07, 6.45) is 1.66. The Balaban J connectivity index is 2.17. The van der Waals surface area contributed by atoms with Crippen LogP contribution in [0.4, 0.5) is 11.4 Å². The molecule has 11 heteroatoms. The Kier molecular flexibility index (Phi) is 7.16. The number of hydrogen-bond donors (Lipinski definition) is 0. The number of aryl methyl sites for hydroxylation is 1. The van der Waals surface area contributed by atoms with Crippen molar-refractivity contribution < 1.29 is 14.6 Å². The van der Waals surface area contributed by atoms with Gasteiger partial charge in [-0.05, 0) is 31.0 Å². The van der Waals surface area contributed by atoms with Gasteiger partial charge in [0, 0.05) is 28.6 Å².